The van der Waals surface area contributed by atoms with E-state index in [1.54, 1.807) is 29.3 Å². The Bertz CT molecular complexity index is 4720. The predicted molar refractivity (Wildman–Crippen MR) is 371 cm³/mol. The van der Waals surface area contributed by atoms with Crippen LogP contribution in [0.2, 0.25) is 5.15 Å². The van der Waals surface area contributed by atoms with E-state index in [0.29, 0.717) is 43.1 Å². The number of carboxylic acid groups (broad SMARTS) is 1. The lowest BCUT2D eigenvalue weighted by molar-refractivity contribution is -0.202. The number of nitrogens with one attached hydrogen (secondary N) is 5. The summed E-state index contributed by atoms with van der Waals surface area (Å²) < 4.78 is 69.1. The van der Waals surface area contributed by atoms with Gasteiger partial charge in [-0.1, -0.05) is 56.8 Å². The molecule has 7 saturated heterocycles. The molecule has 2 amide bonds. The van der Waals surface area contributed by atoms with Crippen molar-refractivity contribution in [3.8, 4) is 0 Å². The second-order valence-corrected chi connectivity index (χ2v) is 26.3. The summed E-state index contributed by atoms with van der Waals surface area (Å²) in [6, 6.07) is 9.59. The van der Waals surface area contributed by atoms with Crippen LogP contribution in [0.25, 0.3) is 44.7 Å². The lowest BCUT2D eigenvalue weighted by Crippen LogP contribution is -2.42. The van der Waals surface area contributed by atoms with Gasteiger partial charge in [0.2, 0.25) is 0 Å². The molecule has 107 heavy (non-hydrogen) atoms. The number of aliphatic carboxylic acids is 1. The first-order valence-corrected chi connectivity index (χ1v) is 33.6. The van der Waals surface area contributed by atoms with E-state index < -0.39 is 128 Å². The Labute approximate surface area is 612 Å². The number of amides is 2. The highest BCUT2D eigenvalue weighted by Crippen LogP contribution is 2.47. The molecule has 0 spiro atoms. The normalized spacial score (nSPS) is 27.9. The van der Waals surface area contributed by atoms with E-state index in [2.05, 4.69) is 70.4 Å². The van der Waals surface area contributed by atoms with E-state index in [4.69, 9.17) is 74.5 Å². The number of nitrogens with two attached hydrogens (primary N) is 1. The van der Waals surface area contributed by atoms with Gasteiger partial charge in [-0.25, -0.2) is 54.4 Å². The summed E-state index contributed by atoms with van der Waals surface area (Å²) in [4.78, 5) is 114. The molecule has 16 rings (SSSR count). The maximum atomic E-state index is 12.4. The summed E-state index contributed by atoms with van der Waals surface area (Å²) in [5.41, 5.74) is 7.59. The predicted octanol–water partition coefficient (Wildman–Crippen LogP) is 0.839. The molecule has 41 nitrogen and oxygen atoms in total. The van der Waals surface area contributed by atoms with Crippen molar-refractivity contribution in [2.45, 2.75) is 198 Å². The largest absolute Gasteiger partial charge is 0.479 e. The molecule has 0 aliphatic carbocycles. The number of fused-ring (bicyclic) bond motifs is 7. The van der Waals surface area contributed by atoms with Crippen molar-refractivity contribution in [1.29, 1.82) is 0 Å². The van der Waals surface area contributed by atoms with Crippen LogP contribution in [0.1, 0.15) is 107 Å². The number of halogens is 1. The fourth-order valence-corrected chi connectivity index (χ4v) is 13.0. The molecular formula is C65H86ClN19O22. The lowest BCUT2D eigenvalue weighted by atomic mass is 10.1. The standard InChI is InChI=1S/C15H18ClN5O4.C13H14N4O6.C13H16N4O5.C12H18N2O2.C10H12N4O5.2CH4/c1-4-17-13(22)9-8-10(25-15(2,3)24-8)14(23-9)21-6-20-7-11(16)18-5-19-12(7)21;1-13(2)22-6-7(23-13)11(21-8(6)12(19)20)17-4-16-5-9(17)14-3-15-10(5)18;1-13(2)21-8-6(3-18)20-12(9(8)22-13)17-5-16-7-10(17)14-4-15-11(7)19;13-8-4-5-9-14-12(15)16-10-11-6-2-1-3-7-11;15-1-4-6(16)7(17)10(19-4)14-3-13-5-8(14)11-2-12-9(5)18;;/h5-6,8-10,14H,4H2,1-3H3,(H,17,22);3-4,6-8,11H,1-2H3,(H,19,20)(H,14,15,18);4-6,8-9,12,18H,3H2,1-2H3,(H,14,15,19);1-3,6-7H,4-5,8-10,13H2,(H,14,15);2-4,6-7,10,15-17H,1H2,(H,11,12,18);2*1H4. The summed E-state index contributed by atoms with van der Waals surface area (Å²) >= 11 is 6.07. The number of rotatable bonds is 15. The van der Waals surface area contributed by atoms with Crippen LogP contribution in [0, 0.1) is 0 Å². The van der Waals surface area contributed by atoms with Crippen LogP contribution in [0.15, 0.2) is 95.3 Å². The maximum Gasteiger partial charge on any atom is 0.407 e. The van der Waals surface area contributed by atoms with Gasteiger partial charge in [-0.15, -0.1) is 0 Å². The summed E-state index contributed by atoms with van der Waals surface area (Å²) in [7, 11) is 0. The first kappa shape index (κ1) is 80.3. The van der Waals surface area contributed by atoms with Crippen LogP contribution in [0.5, 0.6) is 0 Å². The molecule has 12 N–H and O–H groups in total. The number of benzene rings is 1. The van der Waals surface area contributed by atoms with Gasteiger partial charge in [-0.3, -0.25) is 37.4 Å². The minimum atomic E-state index is -1.24. The SMILES string of the molecule is C.C.CC1(C)OC2C(C(=O)O)OC(n3cnc4c(=O)[nH]cnc43)C2O1.CC1(C)OC2C(CO)OC(n3cnc4c(=O)[nH]cnc43)C2O1.CCNC(=O)C1OC(n2cnc3c(Cl)ncnc32)C2OC(C)(C)OC12.NCCCCNC(=O)OCc1ccccc1.O=c1[nH]cnc2c1ncn2C1OC(CO)C(O)C1O. The number of nitrogens with zero attached hydrogens (tertiary/aromatic N) is 13. The number of hydrogen-bond acceptors (Lipinski definition) is 31. The molecule has 7 aliphatic rings. The molecule has 0 radical (unpaired) electrons. The highest BCUT2D eigenvalue weighted by atomic mass is 35.5. The molecule has 42 heteroatoms. The van der Waals surface area contributed by atoms with Gasteiger partial charge in [0.05, 0.1) is 57.5 Å². The lowest BCUT2D eigenvalue weighted by Gasteiger charge is -2.24. The molecule has 0 saturated carbocycles. The van der Waals surface area contributed by atoms with Crippen LogP contribution in [0.3, 0.4) is 0 Å². The number of alkyl carbamates (subject to hydrolysis) is 1. The molecule has 8 aromatic heterocycles. The quantitative estimate of drug-likeness (QED) is 0.0500. The maximum absolute atomic E-state index is 12.4. The monoisotopic (exact) mass is 1520 g/mol. The average molecular weight is 1520 g/mol. The first-order chi connectivity index (χ1) is 50.2. The third-order valence-electron chi connectivity index (χ3n) is 17.4. The molecule has 7 aliphatic heterocycles. The zero-order chi connectivity index (χ0) is 74.8. The molecule has 16 unspecified atom stereocenters. The Morgan fingerprint density at radius 2 is 0.981 bits per heavy atom. The molecule has 7 fully saturated rings. The van der Waals surface area contributed by atoms with Gasteiger partial charge < -0.3 is 109 Å². The van der Waals surface area contributed by atoms with Gasteiger partial charge >= 0.3 is 12.1 Å². The molecular weight excluding hydrogens is 1430 g/mol. The number of aliphatic hydroxyl groups excluding tert-OH is 4. The Morgan fingerprint density at radius 1 is 0.551 bits per heavy atom. The Kier molecular flexibility index (Phi) is 25.1. The van der Waals surface area contributed by atoms with Crippen molar-refractivity contribution in [2.24, 2.45) is 5.73 Å². The molecule has 16 atom stereocenters. The zero-order valence-corrected chi connectivity index (χ0v) is 58.1. The summed E-state index contributed by atoms with van der Waals surface area (Å²) in [5.74, 6) is -3.87. The van der Waals surface area contributed by atoms with Gasteiger partial charge in [0.15, 0.2) is 98.8 Å². The van der Waals surface area contributed by atoms with Crippen molar-refractivity contribution in [3.05, 3.63) is 123 Å². The molecule has 0 bridgehead atoms. The minimum absolute atomic E-state index is 0. The second-order valence-electron chi connectivity index (χ2n) is 25.9. The van der Waals surface area contributed by atoms with E-state index in [1.165, 1.54) is 53.4 Å². The van der Waals surface area contributed by atoms with Crippen LogP contribution < -0.4 is 33.0 Å². The number of H-pyrrole nitrogens is 3. The van der Waals surface area contributed by atoms with Gasteiger partial charge in [0, 0.05) is 13.1 Å². The number of carboxylic acids is 1. The van der Waals surface area contributed by atoms with Gasteiger partial charge in [0.25, 0.3) is 22.6 Å². The number of unbranched alkanes of at least 4 members (excludes halogenated alkanes) is 1. The Balaban J connectivity index is 0.000000143. The van der Waals surface area contributed by atoms with Gasteiger partial charge in [-0.2, -0.15) is 0 Å². The second kappa shape index (κ2) is 33.5. The van der Waals surface area contributed by atoms with E-state index >= 15 is 0 Å². The van der Waals surface area contributed by atoms with Crippen LogP contribution in [-0.4, -0.2) is 245 Å². The number of aromatic amines is 3. The fraction of sp³-hybridized carbons (Fsp3) is 0.554. The average Bonchev–Trinajstić information content (AvgIpc) is 1.59. The van der Waals surface area contributed by atoms with Crippen molar-refractivity contribution in [3.63, 3.8) is 0 Å². The van der Waals surface area contributed by atoms with Crippen molar-refractivity contribution >= 4 is 74.2 Å². The van der Waals surface area contributed by atoms with E-state index in [-0.39, 0.29) is 83.7 Å². The molecule has 1 aromatic carbocycles. The molecule has 9 aromatic rings. The third kappa shape index (κ3) is 16.9. The number of aliphatic hydroxyl groups is 4. The third-order valence-corrected chi connectivity index (χ3v) is 17.6. The summed E-state index contributed by atoms with van der Waals surface area (Å²) in [5, 5.41) is 53.2. The van der Waals surface area contributed by atoms with Crippen molar-refractivity contribution in [1.82, 2.24) is 88.7 Å². The number of ether oxygens (including phenoxy) is 11. The minimum Gasteiger partial charge on any atom is -0.479 e. The number of imidazole rings is 4. The van der Waals surface area contributed by atoms with E-state index in [0.717, 1.165) is 18.4 Å². The van der Waals surface area contributed by atoms with Gasteiger partial charge in [0.1, 0.15) is 79.5 Å². The number of hydrogen-bond donors (Lipinski definition) is 11. The summed E-state index contributed by atoms with van der Waals surface area (Å²) in [6.45, 7) is 14.0. The van der Waals surface area contributed by atoms with Crippen LogP contribution in [0.4, 0.5) is 4.79 Å². The zero-order valence-electron chi connectivity index (χ0n) is 57.3. The number of aromatic nitrogens is 16. The number of likely N-dealkylation sites (N-methyl/N-ethyl adjacent to an activating group) is 1. The number of carbonyl (C=O) groups excluding carboxylic acids is 2. The number of carbonyl (C=O) groups is 3. The highest BCUT2D eigenvalue weighted by molar-refractivity contribution is 6.33. The van der Waals surface area contributed by atoms with Crippen LogP contribution in [-0.2, 0) is 68.3 Å². The topological polar surface area (TPSA) is 538 Å². The van der Waals surface area contributed by atoms with E-state index in [1.807, 2.05) is 65.0 Å². The Hall–Kier alpha value is -9.28. The molecule has 580 valence electrons. The fourth-order valence-electron chi connectivity index (χ4n) is 12.8. The smallest absolute Gasteiger partial charge is 0.407 e. The van der Waals surface area contributed by atoms with Crippen molar-refractivity contribution in [2.75, 3.05) is 32.8 Å². The first-order valence-electron chi connectivity index (χ1n) is 33.2. The van der Waals surface area contributed by atoms with Crippen molar-refractivity contribution < 1.29 is 92.0 Å². The summed E-state index contributed by atoms with van der Waals surface area (Å²) in [6.07, 6.45) is 0.334. The molecule has 15 heterocycles. The van der Waals surface area contributed by atoms with Gasteiger partial charge in [-0.05, 0) is 73.4 Å². The Morgan fingerprint density at radius 3 is 1.46 bits per heavy atom. The van der Waals surface area contributed by atoms with E-state index in [9.17, 15) is 49.2 Å². The highest BCUT2D eigenvalue weighted by Gasteiger charge is 2.61. The van der Waals surface area contributed by atoms with Crippen LogP contribution >= 0.6 is 11.6 Å².